The number of rotatable bonds is 3. The molecule has 2 aliphatic rings. The average molecular weight is 433 g/mol. The SMILES string of the molecule is CC(C)c1cc(C(C)C)cc(C(C)C)c1.O=S(=O)=C1C=CC2=c3ccccc3=CC2=C1. The maximum atomic E-state index is 10.9. The van der Waals surface area contributed by atoms with Crippen LogP contribution in [0.25, 0.3) is 11.6 Å². The van der Waals surface area contributed by atoms with E-state index in [1.807, 2.05) is 36.4 Å². The zero-order valence-corrected chi connectivity index (χ0v) is 20.1. The molecule has 0 bridgehead atoms. The minimum absolute atomic E-state index is 0.336. The molecule has 0 spiro atoms. The normalized spacial score (nSPS) is 14.2. The first-order valence-electron chi connectivity index (χ1n) is 11.0. The van der Waals surface area contributed by atoms with Crippen molar-refractivity contribution in [2.45, 2.75) is 59.3 Å². The van der Waals surface area contributed by atoms with Gasteiger partial charge in [-0.3, -0.25) is 0 Å². The molecule has 3 heteroatoms. The van der Waals surface area contributed by atoms with Gasteiger partial charge in [0.05, 0.1) is 4.86 Å². The molecule has 0 saturated carbocycles. The van der Waals surface area contributed by atoms with Gasteiger partial charge in [-0.2, -0.15) is 8.42 Å². The smallest absolute Gasteiger partial charge is 0.184 e. The molecule has 0 atom stereocenters. The summed E-state index contributed by atoms with van der Waals surface area (Å²) in [6, 6.07) is 15.1. The van der Waals surface area contributed by atoms with E-state index >= 15 is 0 Å². The lowest BCUT2D eigenvalue weighted by molar-refractivity contribution is 0.627. The fraction of sp³-hybridized carbons (Fsp3) is 0.321. The van der Waals surface area contributed by atoms with Crippen LogP contribution in [-0.4, -0.2) is 13.3 Å². The topological polar surface area (TPSA) is 34.1 Å². The second-order valence-electron chi connectivity index (χ2n) is 9.11. The standard InChI is InChI=1S/C15H24.C13H8O2S/c1-10(2)13-7-14(11(3)4)9-15(8-13)12(5)6;14-16(15)11-5-6-13-10(8-11)7-9-3-1-2-4-12(9)13/h7-12H,1-6H3;1-8H. The first-order valence-corrected chi connectivity index (χ1v) is 12.1. The highest BCUT2D eigenvalue weighted by Crippen LogP contribution is 2.26. The lowest BCUT2D eigenvalue weighted by atomic mass is 9.90. The Morgan fingerprint density at radius 1 is 0.677 bits per heavy atom. The molecular weight excluding hydrogens is 400 g/mol. The van der Waals surface area contributed by atoms with Gasteiger partial charge in [-0.15, -0.1) is 0 Å². The van der Waals surface area contributed by atoms with Gasteiger partial charge in [-0.05, 0) is 74.3 Å². The second kappa shape index (κ2) is 9.65. The molecule has 0 saturated heterocycles. The predicted octanol–water partition coefficient (Wildman–Crippen LogP) is 5.24. The van der Waals surface area contributed by atoms with Crippen molar-refractivity contribution in [3.63, 3.8) is 0 Å². The van der Waals surface area contributed by atoms with Crippen LogP contribution in [0.4, 0.5) is 0 Å². The molecule has 0 radical (unpaired) electrons. The summed E-state index contributed by atoms with van der Waals surface area (Å²) in [5.41, 5.74) is 6.51. The van der Waals surface area contributed by atoms with E-state index in [2.05, 4.69) is 59.7 Å². The minimum Gasteiger partial charge on any atom is -0.184 e. The number of hydrogen-bond acceptors (Lipinski definition) is 2. The Labute approximate surface area is 187 Å². The molecule has 2 aromatic rings. The minimum atomic E-state index is -2.16. The largest absolute Gasteiger partial charge is 0.221 e. The van der Waals surface area contributed by atoms with Gasteiger partial charge in [0, 0.05) is 0 Å². The van der Waals surface area contributed by atoms with E-state index in [0.29, 0.717) is 22.6 Å². The van der Waals surface area contributed by atoms with Crippen molar-refractivity contribution in [2.24, 2.45) is 0 Å². The molecule has 0 aromatic heterocycles. The van der Waals surface area contributed by atoms with E-state index in [9.17, 15) is 8.42 Å². The summed E-state index contributed by atoms with van der Waals surface area (Å²) in [5, 5.41) is 2.31. The molecule has 162 valence electrons. The van der Waals surface area contributed by atoms with Crippen molar-refractivity contribution in [1.29, 1.82) is 0 Å². The van der Waals surface area contributed by atoms with Crippen molar-refractivity contribution in [2.75, 3.05) is 0 Å². The molecule has 0 heterocycles. The van der Waals surface area contributed by atoms with Crippen molar-refractivity contribution >= 4 is 26.8 Å². The summed E-state index contributed by atoms with van der Waals surface area (Å²) >= 11 is 0. The molecule has 2 nitrogen and oxygen atoms in total. The van der Waals surface area contributed by atoms with Gasteiger partial charge in [0.1, 0.15) is 0 Å². The second-order valence-corrected chi connectivity index (χ2v) is 10.1. The van der Waals surface area contributed by atoms with Gasteiger partial charge < -0.3 is 0 Å². The van der Waals surface area contributed by atoms with Crippen LogP contribution in [0.15, 0.2) is 66.3 Å². The Kier molecular flexibility index (Phi) is 7.17. The van der Waals surface area contributed by atoms with E-state index < -0.39 is 10.3 Å². The van der Waals surface area contributed by atoms with Crippen LogP contribution in [0.1, 0.15) is 76.0 Å². The van der Waals surface area contributed by atoms with Gasteiger partial charge >= 0.3 is 0 Å². The number of allylic oxidation sites excluding steroid dienone is 4. The number of benzene rings is 2. The van der Waals surface area contributed by atoms with E-state index in [1.165, 1.54) is 21.9 Å². The first-order chi connectivity index (χ1) is 14.7. The number of fused-ring (bicyclic) bond motifs is 2. The van der Waals surface area contributed by atoms with Crippen LogP contribution in [0.5, 0.6) is 0 Å². The molecule has 0 unspecified atom stereocenters. The lowest BCUT2D eigenvalue weighted by Gasteiger charge is -2.16. The molecule has 0 N–H and O–H groups in total. The predicted molar refractivity (Wildman–Crippen MR) is 133 cm³/mol. The molecular formula is C28H32O2S. The van der Waals surface area contributed by atoms with Crippen LogP contribution in [0.2, 0.25) is 0 Å². The average Bonchev–Trinajstić information content (AvgIpc) is 3.11. The Balaban J connectivity index is 0.000000176. The summed E-state index contributed by atoms with van der Waals surface area (Å²) in [6.45, 7) is 13.6. The van der Waals surface area contributed by atoms with Crippen molar-refractivity contribution in [3.05, 3.63) is 93.4 Å². The van der Waals surface area contributed by atoms with Crippen LogP contribution >= 0.6 is 0 Å². The van der Waals surface area contributed by atoms with Crippen molar-refractivity contribution in [1.82, 2.24) is 0 Å². The zero-order valence-electron chi connectivity index (χ0n) is 19.3. The Morgan fingerprint density at radius 2 is 1.19 bits per heavy atom. The fourth-order valence-electron chi connectivity index (χ4n) is 3.75. The van der Waals surface area contributed by atoms with Gasteiger partial charge in [0.25, 0.3) is 0 Å². The van der Waals surface area contributed by atoms with E-state index in [4.69, 9.17) is 0 Å². The quantitative estimate of drug-likeness (QED) is 0.622. The van der Waals surface area contributed by atoms with E-state index in [1.54, 1.807) is 12.2 Å². The molecule has 0 amide bonds. The highest BCUT2D eigenvalue weighted by atomic mass is 32.2. The molecule has 2 aliphatic carbocycles. The van der Waals surface area contributed by atoms with Crippen LogP contribution in [0.3, 0.4) is 0 Å². The Hall–Kier alpha value is -2.65. The summed E-state index contributed by atoms with van der Waals surface area (Å²) in [5.74, 6) is 1.88. The van der Waals surface area contributed by atoms with Crippen molar-refractivity contribution in [3.8, 4) is 0 Å². The highest BCUT2D eigenvalue weighted by molar-refractivity contribution is 7.73. The third-order valence-electron chi connectivity index (χ3n) is 5.78. The molecule has 2 aromatic carbocycles. The van der Waals surface area contributed by atoms with Crippen molar-refractivity contribution < 1.29 is 8.42 Å². The summed E-state index contributed by atoms with van der Waals surface area (Å²) in [7, 11) is -2.16. The molecule has 0 aliphatic heterocycles. The van der Waals surface area contributed by atoms with Gasteiger partial charge in [0.15, 0.2) is 0 Å². The molecule has 31 heavy (non-hydrogen) atoms. The maximum Gasteiger partial charge on any atom is 0.221 e. The van der Waals surface area contributed by atoms with Gasteiger partial charge in [-0.25, -0.2) is 0 Å². The maximum absolute atomic E-state index is 10.9. The number of hydrogen-bond donors (Lipinski definition) is 0. The third-order valence-corrected chi connectivity index (χ3v) is 6.42. The third kappa shape index (κ3) is 5.34. The molecule has 0 fully saturated rings. The van der Waals surface area contributed by atoms with Crippen LogP contribution < -0.4 is 10.4 Å². The Morgan fingerprint density at radius 3 is 1.68 bits per heavy atom. The summed E-state index contributed by atoms with van der Waals surface area (Å²) in [4.78, 5) is 0.336. The summed E-state index contributed by atoms with van der Waals surface area (Å²) < 4.78 is 21.7. The van der Waals surface area contributed by atoms with Gasteiger partial charge in [0.2, 0.25) is 10.3 Å². The first kappa shape index (κ1) is 23.0. The summed E-state index contributed by atoms with van der Waals surface area (Å²) in [6.07, 6.45) is 7.22. The Bertz CT molecular complexity index is 1230. The highest BCUT2D eigenvalue weighted by Gasteiger charge is 2.13. The molecule has 4 rings (SSSR count). The van der Waals surface area contributed by atoms with Crippen LogP contribution in [-0.2, 0) is 10.3 Å². The van der Waals surface area contributed by atoms with E-state index in [0.717, 1.165) is 16.4 Å². The zero-order chi connectivity index (χ0) is 22.7. The van der Waals surface area contributed by atoms with E-state index in [-0.39, 0.29) is 0 Å². The fourth-order valence-corrected chi connectivity index (χ4v) is 4.15. The van der Waals surface area contributed by atoms with Crippen LogP contribution in [0, 0.1) is 0 Å². The lowest BCUT2D eigenvalue weighted by Crippen LogP contribution is -2.21. The monoisotopic (exact) mass is 432 g/mol. The van der Waals surface area contributed by atoms with Gasteiger partial charge in [-0.1, -0.05) is 90.1 Å².